The van der Waals surface area contributed by atoms with Gasteiger partial charge in [-0.2, -0.15) is 10.2 Å². The fourth-order valence-electron chi connectivity index (χ4n) is 1.13. The lowest BCUT2D eigenvalue weighted by molar-refractivity contribution is 0.0944. The third-order valence-electron chi connectivity index (χ3n) is 1.92. The molecule has 2 aromatic heterocycles. The van der Waals surface area contributed by atoms with Gasteiger partial charge in [0.2, 0.25) is 0 Å². The Kier molecular flexibility index (Phi) is 3.56. The number of aromatic nitrogens is 4. The van der Waals surface area contributed by atoms with Crippen LogP contribution < -0.4 is 5.32 Å². The van der Waals surface area contributed by atoms with Gasteiger partial charge in [0.1, 0.15) is 0 Å². The Balaban J connectivity index is 1.96. The van der Waals surface area contributed by atoms with Gasteiger partial charge in [0, 0.05) is 6.20 Å². The highest BCUT2D eigenvalue weighted by atomic mass is 35.5. The zero-order valence-corrected chi connectivity index (χ0v) is 9.42. The van der Waals surface area contributed by atoms with E-state index in [9.17, 15) is 4.79 Å². The summed E-state index contributed by atoms with van der Waals surface area (Å²) in [5, 5.41) is 17.7. The monoisotopic (exact) mass is 249 g/mol. The summed E-state index contributed by atoms with van der Waals surface area (Å²) in [4.78, 5) is 11.6. The van der Waals surface area contributed by atoms with Gasteiger partial charge in [-0.3, -0.25) is 4.79 Å². The molecule has 1 amide bonds. The van der Waals surface area contributed by atoms with Crippen LogP contribution in [-0.2, 0) is 6.54 Å². The van der Waals surface area contributed by atoms with Crippen molar-refractivity contribution in [3.63, 3.8) is 0 Å². The molecule has 2 heterocycles. The minimum Gasteiger partial charge on any atom is -0.345 e. The normalized spacial score (nSPS) is 9.94. The van der Waals surface area contributed by atoms with Crippen molar-refractivity contribution in [2.24, 2.45) is 0 Å². The Morgan fingerprint density at radius 1 is 1.24 bits per heavy atom. The van der Waals surface area contributed by atoms with Crippen LogP contribution in [0.1, 0.15) is 16.2 Å². The summed E-state index contributed by atoms with van der Waals surface area (Å²) in [7, 11) is 0. The first kappa shape index (κ1) is 11.4. The van der Waals surface area contributed by atoms with Crippen LogP contribution in [0.4, 0.5) is 0 Å². The number of rotatable bonds is 3. The van der Waals surface area contributed by atoms with Crippen LogP contribution >= 0.6 is 11.6 Å². The van der Waals surface area contributed by atoms with Gasteiger partial charge in [-0.15, -0.1) is 10.2 Å². The van der Waals surface area contributed by atoms with E-state index in [0.29, 0.717) is 5.69 Å². The second kappa shape index (κ2) is 5.31. The Hall–Kier alpha value is -2.08. The highest BCUT2D eigenvalue weighted by molar-refractivity contribution is 6.29. The van der Waals surface area contributed by atoms with E-state index in [1.54, 1.807) is 18.3 Å². The molecule has 0 saturated carbocycles. The van der Waals surface area contributed by atoms with E-state index in [-0.39, 0.29) is 23.3 Å². The van der Waals surface area contributed by atoms with Crippen LogP contribution in [0.2, 0.25) is 5.15 Å². The number of halogens is 1. The molecule has 0 aromatic carbocycles. The van der Waals surface area contributed by atoms with E-state index in [2.05, 4.69) is 25.7 Å². The van der Waals surface area contributed by atoms with Crippen LogP contribution in [0, 0.1) is 0 Å². The topological polar surface area (TPSA) is 80.7 Å². The molecule has 0 aliphatic rings. The first-order chi connectivity index (χ1) is 8.25. The summed E-state index contributed by atoms with van der Waals surface area (Å²) < 4.78 is 0. The molecule has 0 fully saturated rings. The van der Waals surface area contributed by atoms with Gasteiger partial charge in [0.15, 0.2) is 10.8 Å². The molecule has 0 radical (unpaired) electrons. The molecule has 2 aromatic rings. The maximum atomic E-state index is 11.6. The predicted molar refractivity (Wildman–Crippen MR) is 60.2 cm³/mol. The van der Waals surface area contributed by atoms with Gasteiger partial charge in [0.05, 0.1) is 12.2 Å². The predicted octanol–water partition coefficient (Wildman–Crippen LogP) is 0.850. The fraction of sp³-hybridized carbons (Fsp3) is 0.100. The van der Waals surface area contributed by atoms with Crippen LogP contribution in [0.3, 0.4) is 0 Å². The van der Waals surface area contributed by atoms with E-state index in [1.165, 1.54) is 12.1 Å². The molecular formula is C10H8ClN5O. The van der Waals surface area contributed by atoms with E-state index in [0.717, 1.165) is 0 Å². The molecule has 1 N–H and O–H groups in total. The van der Waals surface area contributed by atoms with Crippen molar-refractivity contribution in [1.82, 2.24) is 25.7 Å². The van der Waals surface area contributed by atoms with E-state index in [4.69, 9.17) is 11.6 Å². The van der Waals surface area contributed by atoms with Crippen LogP contribution in [0.5, 0.6) is 0 Å². The zero-order valence-electron chi connectivity index (χ0n) is 8.67. The second-order valence-corrected chi connectivity index (χ2v) is 3.53. The summed E-state index contributed by atoms with van der Waals surface area (Å²) in [5.74, 6) is -0.334. The maximum Gasteiger partial charge on any atom is 0.272 e. The molecule has 7 heteroatoms. The highest BCUT2D eigenvalue weighted by Gasteiger charge is 2.07. The van der Waals surface area contributed by atoms with Crippen molar-refractivity contribution in [2.45, 2.75) is 6.54 Å². The van der Waals surface area contributed by atoms with Crippen molar-refractivity contribution in [1.29, 1.82) is 0 Å². The zero-order chi connectivity index (χ0) is 12.1. The summed E-state index contributed by atoms with van der Waals surface area (Å²) in [5.41, 5.74) is 0.876. The first-order valence-electron chi connectivity index (χ1n) is 4.80. The molecular weight excluding hydrogens is 242 g/mol. The Bertz CT molecular complexity index is 502. The lowest BCUT2D eigenvalue weighted by atomic mass is 10.3. The lowest BCUT2D eigenvalue weighted by Gasteiger charge is -2.02. The summed E-state index contributed by atoms with van der Waals surface area (Å²) in [6.07, 6.45) is 1.57. The van der Waals surface area contributed by atoms with Gasteiger partial charge >= 0.3 is 0 Å². The Morgan fingerprint density at radius 3 is 2.76 bits per heavy atom. The van der Waals surface area contributed by atoms with Crippen molar-refractivity contribution in [3.8, 4) is 0 Å². The van der Waals surface area contributed by atoms with Gasteiger partial charge in [0.25, 0.3) is 5.91 Å². The molecule has 0 aliphatic carbocycles. The van der Waals surface area contributed by atoms with E-state index in [1.807, 2.05) is 0 Å². The largest absolute Gasteiger partial charge is 0.345 e. The van der Waals surface area contributed by atoms with Gasteiger partial charge in [-0.1, -0.05) is 11.6 Å². The fourth-order valence-corrected chi connectivity index (χ4v) is 1.23. The van der Waals surface area contributed by atoms with Crippen molar-refractivity contribution in [2.75, 3.05) is 0 Å². The van der Waals surface area contributed by atoms with Crippen molar-refractivity contribution in [3.05, 3.63) is 47.0 Å². The lowest BCUT2D eigenvalue weighted by Crippen LogP contribution is -2.24. The molecule has 0 unspecified atom stereocenters. The number of amides is 1. The highest BCUT2D eigenvalue weighted by Crippen LogP contribution is 2.02. The summed E-state index contributed by atoms with van der Waals surface area (Å²) in [6.45, 7) is 0.289. The quantitative estimate of drug-likeness (QED) is 0.872. The molecule has 6 nitrogen and oxygen atoms in total. The Morgan fingerprint density at radius 2 is 2.12 bits per heavy atom. The number of hydrogen-bond donors (Lipinski definition) is 1. The minimum absolute atomic E-state index is 0.207. The SMILES string of the molecule is O=C(NCc1cccnn1)c1ccc(Cl)nn1. The number of nitrogens with zero attached hydrogens (tertiary/aromatic N) is 4. The molecule has 2 rings (SSSR count). The summed E-state index contributed by atoms with van der Waals surface area (Å²) >= 11 is 5.57. The van der Waals surface area contributed by atoms with Gasteiger partial charge < -0.3 is 5.32 Å². The average molecular weight is 250 g/mol. The second-order valence-electron chi connectivity index (χ2n) is 3.14. The van der Waals surface area contributed by atoms with Gasteiger partial charge in [-0.25, -0.2) is 0 Å². The number of carbonyl (C=O) groups excluding carboxylic acids is 1. The smallest absolute Gasteiger partial charge is 0.272 e. The maximum absolute atomic E-state index is 11.6. The number of hydrogen-bond acceptors (Lipinski definition) is 5. The number of nitrogens with one attached hydrogen (secondary N) is 1. The van der Waals surface area contributed by atoms with Crippen LogP contribution in [0.25, 0.3) is 0 Å². The van der Waals surface area contributed by atoms with Gasteiger partial charge in [-0.05, 0) is 24.3 Å². The Labute approximate surface area is 102 Å². The molecule has 0 atom stereocenters. The average Bonchev–Trinajstić information content (AvgIpc) is 2.38. The molecule has 0 aliphatic heterocycles. The minimum atomic E-state index is -0.334. The third kappa shape index (κ3) is 3.18. The van der Waals surface area contributed by atoms with Crippen molar-refractivity contribution < 1.29 is 4.79 Å². The van der Waals surface area contributed by atoms with Crippen LogP contribution in [0.15, 0.2) is 30.5 Å². The third-order valence-corrected chi connectivity index (χ3v) is 2.12. The van der Waals surface area contributed by atoms with E-state index < -0.39 is 0 Å². The standard InChI is InChI=1S/C10H8ClN5O/c11-9-4-3-8(15-16-9)10(17)12-6-7-2-1-5-13-14-7/h1-5H,6H2,(H,12,17). The molecule has 0 saturated heterocycles. The first-order valence-corrected chi connectivity index (χ1v) is 5.17. The van der Waals surface area contributed by atoms with Crippen LogP contribution in [-0.4, -0.2) is 26.3 Å². The molecule has 0 bridgehead atoms. The molecule has 17 heavy (non-hydrogen) atoms. The summed E-state index contributed by atoms with van der Waals surface area (Å²) in [6, 6.07) is 6.52. The van der Waals surface area contributed by atoms with E-state index >= 15 is 0 Å². The number of carbonyl (C=O) groups is 1. The van der Waals surface area contributed by atoms with Crippen molar-refractivity contribution >= 4 is 17.5 Å². The molecule has 0 spiro atoms. The molecule has 86 valence electrons.